The first-order valence-corrected chi connectivity index (χ1v) is 11.2. The van der Waals surface area contributed by atoms with Gasteiger partial charge in [-0.2, -0.15) is 0 Å². The summed E-state index contributed by atoms with van der Waals surface area (Å²) in [6.45, 7) is 10.6. The van der Waals surface area contributed by atoms with E-state index in [1.54, 1.807) is 4.90 Å². The van der Waals surface area contributed by atoms with Crippen molar-refractivity contribution in [3.63, 3.8) is 0 Å². The third-order valence-corrected chi connectivity index (χ3v) is 6.34. The average Bonchev–Trinajstić information content (AvgIpc) is 2.97. The van der Waals surface area contributed by atoms with Gasteiger partial charge in [-0.1, -0.05) is 49.0 Å². The normalized spacial score (nSPS) is 17.6. The summed E-state index contributed by atoms with van der Waals surface area (Å²) in [5.74, 6) is -0.190. The number of amidine groups is 1. The van der Waals surface area contributed by atoms with Gasteiger partial charge < -0.3 is 5.32 Å². The molecule has 3 rings (SSSR count). The van der Waals surface area contributed by atoms with E-state index in [1.165, 1.54) is 11.8 Å². The highest BCUT2D eigenvalue weighted by Crippen LogP contribution is 2.33. The molecule has 30 heavy (non-hydrogen) atoms. The van der Waals surface area contributed by atoms with E-state index < -0.39 is 5.25 Å². The molecular formula is C24H29N3O2S. The molecule has 5 nitrogen and oxygen atoms in total. The number of carbonyl (C=O) groups is 2. The zero-order valence-corrected chi connectivity index (χ0v) is 19.1. The number of nitrogens with zero attached hydrogens (tertiary/aromatic N) is 2. The fraction of sp³-hybridized carbons (Fsp3) is 0.375. The van der Waals surface area contributed by atoms with E-state index in [1.807, 2.05) is 65.0 Å². The van der Waals surface area contributed by atoms with Gasteiger partial charge in [0, 0.05) is 18.7 Å². The van der Waals surface area contributed by atoms with Gasteiger partial charge in [0.25, 0.3) is 0 Å². The second-order valence-electron chi connectivity index (χ2n) is 7.80. The van der Waals surface area contributed by atoms with Gasteiger partial charge in [0.2, 0.25) is 11.8 Å². The van der Waals surface area contributed by atoms with Crippen molar-refractivity contribution in [2.24, 2.45) is 4.99 Å². The summed E-state index contributed by atoms with van der Waals surface area (Å²) in [6.07, 6.45) is 0.961. The minimum Gasteiger partial charge on any atom is -0.326 e. The Morgan fingerprint density at radius 3 is 2.47 bits per heavy atom. The zero-order valence-electron chi connectivity index (χ0n) is 18.3. The molecule has 1 atom stereocenters. The van der Waals surface area contributed by atoms with Crippen molar-refractivity contribution in [3.05, 3.63) is 58.7 Å². The largest absolute Gasteiger partial charge is 0.326 e. The minimum absolute atomic E-state index is 0.0393. The maximum atomic E-state index is 13.0. The Hall–Kier alpha value is -2.60. The Labute approximate surface area is 183 Å². The summed E-state index contributed by atoms with van der Waals surface area (Å²) in [7, 11) is 0. The summed E-state index contributed by atoms with van der Waals surface area (Å²) < 4.78 is 0. The van der Waals surface area contributed by atoms with Crippen LogP contribution in [0.5, 0.6) is 0 Å². The molecule has 0 bridgehead atoms. The Morgan fingerprint density at radius 1 is 1.10 bits per heavy atom. The monoisotopic (exact) mass is 423 g/mol. The van der Waals surface area contributed by atoms with Gasteiger partial charge in [0.15, 0.2) is 5.17 Å². The van der Waals surface area contributed by atoms with Crippen molar-refractivity contribution < 1.29 is 9.59 Å². The highest BCUT2D eigenvalue weighted by atomic mass is 32.2. The lowest BCUT2D eigenvalue weighted by molar-refractivity contribution is -0.128. The predicted octanol–water partition coefficient (Wildman–Crippen LogP) is 5.29. The number of para-hydroxylation sites is 1. The second-order valence-corrected chi connectivity index (χ2v) is 8.97. The number of anilines is 1. The fourth-order valence-corrected chi connectivity index (χ4v) is 4.64. The molecule has 1 unspecified atom stereocenters. The maximum absolute atomic E-state index is 13.0. The summed E-state index contributed by atoms with van der Waals surface area (Å²) >= 11 is 1.39. The number of aliphatic imine (C=N–C) groups is 1. The molecule has 1 aliphatic rings. The number of nitrogens with one attached hydrogen (secondary N) is 1. The summed E-state index contributed by atoms with van der Waals surface area (Å²) in [6, 6.07) is 12.0. The van der Waals surface area contributed by atoms with Gasteiger partial charge in [-0.05, 0) is 62.4 Å². The van der Waals surface area contributed by atoms with Crippen molar-refractivity contribution in [2.75, 3.05) is 11.9 Å². The van der Waals surface area contributed by atoms with Crippen LogP contribution in [0.4, 0.5) is 11.4 Å². The van der Waals surface area contributed by atoms with Crippen LogP contribution >= 0.6 is 11.8 Å². The molecule has 0 saturated carbocycles. The van der Waals surface area contributed by atoms with E-state index >= 15 is 0 Å². The first-order chi connectivity index (χ1) is 14.3. The third-order valence-electron chi connectivity index (χ3n) is 5.16. The molecule has 158 valence electrons. The first kappa shape index (κ1) is 22.1. The smallest absolute Gasteiger partial charge is 0.242 e. The van der Waals surface area contributed by atoms with Crippen LogP contribution in [0.25, 0.3) is 0 Å². The van der Waals surface area contributed by atoms with Crippen LogP contribution in [-0.4, -0.2) is 33.7 Å². The molecule has 1 N–H and O–H groups in total. The molecule has 6 heteroatoms. The average molecular weight is 424 g/mol. The SMILES string of the molecule is CCCN1C(=O)C(CC(=O)Nc2c(C)cccc2C)SC1=Nc1cc(C)ccc1C. The second kappa shape index (κ2) is 9.47. The van der Waals surface area contributed by atoms with Gasteiger partial charge in [0.1, 0.15) is 5.25 Å². The minimum atomic E-state index is -0.454. The molecule has 0 aromatic heterocycles. The van der Waals surface area contributed by atoms with Crippen molar-refractivity contribution in [1.82, 2.24) is 4.90 Å². The molecule has 0 spiro atoms. The van der Waals surface area contributed by atoms with Crippen molar-refractivity contribution in [3.8, 4) is 0 Å². The highest BCUT2D eigenvalue weighted by molar-refractivity contribution is 8.15. The van der Waals surface area contributed by atoms with Crippen LogP contribution in [0, 0.1) is 27.7 Å². The molecule has 2 aromatic rings. The summed E-state index contributed by atoms with van der Waals surface area (Å²) in [5.41, 5.74) is 5.91. The topological polar surface area (TPSA) is 61.8 Å². The van der Waals surface area contributed by atoms with Crippen molar-refractivity contribution >= 4 is 40.1 Å². The van der Waals surface area contributed by atoms with E-state index in [0.29, 0.717) is 11.7 Å². The lowest BCUT2D eigenvalue weighted by Gasteiger charge is -2.16. The number of thioether (sulfide) groups is 1. The molecule has 2 amide bonds. The molecule has 1 heterocycles. The third kappa shape index (κ3) is 4.93. The lowest BCUT2D eigenvalue weighted by atomic mass is 10.1. The van der Waals surface area contributed by atoms with Crippen LogP contribution in [0.3, 0.4) is 0 Å². The maximum Gasteiger partial charge on any atom is 0.242 e. The van der Waals surface area contributed by atoms with E-state index in [2.05, 4.69) is 11.4 Å². The van der Waals surface area contributed by atoms with Crippen LogP contribution in [0.15, 0.2) is 41.4 Å². The van der Waals surface area contributed by atoms with Crippen molar-refractivity contribution in [2.45, 2.75) is 52.7 Å². The summed E-state index contributed by atoms with van der Waals surface area (Å²) in [4.78, 5) is 32.2. The number of benzene rings is 2. The standard InChI is InChI=1S/C24H29N3O2S/c1-6-12-27-23(29)20(14-21(28)26-22-17(4)8-7-9-18(22)5)30-24(27)25-19-13-15(2)10-11-16(19)3/h7-11,13,20H,6,12,14H2,1-5H3,(H,26,28). The van der Waals surface area contributed by atoms with Crippen LogP contribution in [-0.2, 0) is 9.59 Å². The van der Waals surface area contributed by atoms with Gasteiger partial charge in [-0.25, -0.2) is 4.99 Å². The molecule has 1 fully saturated rings. The molecular weight excluding hydrogens is 394 g/mol. The quantitative estimate of drug-likeness (QED) is 0.687. The molecule has 1 saturated heterocycles. The Morgan fingerprint density at radius 2 is 1.80 bits per heavy atom. The number of amides is 2. The van der Waals surface area contributed by atoms with E-state index in [-0.39, 0.29) is 18.2 Å². The van der Waals surface area contributed by atoms with Gasteiger partial charge in [-0.15, -0.1) is 0 Å². The lowest BCUT2D eigenvalue weighted by Crippen LogP contribution is -2.34. The summed E-state index contributed by atoms with van der Waals surface area (Å²) in [5, 5.41) is 3.22. The van der Waals surface area contributed by atoms with Crippen LogP contribution < -0.4 is 5.32 Å². The van der Waals surface area contributed by atoms with Gasteiger partial charge in [-0.3, -0.25) is 14.5 Å². The molecule has 2 aromatic carbocycles. The van der Waals surface area contributed by atoms with E-state index in [4.69, 9.17) is 4.99 Å². The van der Waals surface area contributed by atoms with Gasteiger partial charge in [0.05, 0.1) is 5.69 Å². The molecule has 1 aliphatic heterocycles. The highest BCUT2D eigenvalue weighted by Gasteiger charge is 2.38. The number of rotatable bonds is 6. The number of hydrogen-bond acceptors (Lipinski definition) is 4. The van der Waals surface area contributed by atoms with Crippen LogP contribution in [0.2, 0.25) is 0 Å². The Balaban J connectivity index is 1.79. The number of hydrogen-bond donors (Lipinski definition) is 1. The Kier molecular flexibility index (Phi) is 6.98. The molecule has 0 radical (unpaired) electrons. The predicted molar refractivity (Wildman–Crippen MR) is 126 cm³/mol. The zero-order chi connectivity index (χ0) is 21.8. The van der Waals surface area contributed by atoms with E-state index in [9.17, 15) is 9.59 Å². The van der Waals surface area contributed by atoms with Crippen molar-refractivity contribution in [1.29, 1.82) is 0 Å². The fourth-order valence-electron chi connectivity index (χ4n) is 3.47. The van der Waals surface area contributed by atoms with Crippen LogP contribution in [0.1, 0.15) is 42.0 Å². The number of carbonyl (C=O) groups excluding carboxylic acids is 2. The molecule has 0 aliphatic carbocycles. The number of aryl methyl sites for hydroxylation is 4. The van der Waals surface area contributed by atoms with E-state index in [0.717, 1.165) is 40.0 Å². The van der Waals surface area contributed by atoms with Gasteiger partial charge >= 0.3 is 0 Å². The first-order valence-electron chi connectivity index (χ1n) is 10.3. The Bertz CT molecular complexity index is 980.